The van der Waals surface area contributed by atoms with E-state index >= 15 is 0 Å². The SMILES string of the molecule is CC(C)C[C@H](NC(=O)[C@@H](NC(=O)[C@H](CC(C)C)NC(=O)[C@H](Cc1ccccc1)NC(=O)[C@@H](NC(=O)[C@@H](NC(=O)[C@@H]1CCCN1C(=O)[C@@H](NC(=O)[C@@H](N)Cc1c[nH]c2ccccc12)C(C)C)C(C)C)C(C)C)[C@@H](C)O)C(=O)O. The number of rotatable bonds is 28. The Kier molecular flexibility index (Phi) is 23.6. The monoisotopic (exact) mass is 1070 g/mol. The Labute approximate surface area is 452 Å². The number of carboxylic acid groups (broad SMARTS) is 1. The van der Waals surface area contributed by atoms with Gasteiger partial charge in [-0.3, -0.25) is 38.4 Å². The number of aromatic nitrogens is 1. The molecule has 21 nitrogen and oxygen atoms in total. The second kappa shape index (κ2) is 29.0. The van der Waals surface area contributed by atoms with Crippen molar-refractivity contribution in [1.82, 2.24) is 47.1 Å². The molecule has 21 heteroatoms. The summed E-state index contributed by atoms with van der Waals surface area (Å²) in [6, 6.07) is 5.62. The first-order chi connectivity index (χ1) is 36.2. The lowest BCUT2D eigenvalue weighted by atomic mass is 9.97. The molecule has 0 bridgehead atoms. The number of hydrogen-bond acceptors (Lipinski definition) is 11. The van der Waals surface area contributed by atoms with E-state index in [1.807, 2.05) is 24.3 Å². The number of carbonyl (C=O) groups excluding carboxylic acids is 8. The van der Waals surface area contributed by atoms with Gasteiger partial charge in [-0.05, 0) is 85.8 Å². The molecule has 2 aromatic carbocycles. The molecule has 12 N–H and O–H groups in total. The predicted molar refractivity (Wildman–Crippen MR) is 291 cm³/mol. The summed E-state index contributed by atoms with van der Waals surface area (Å²) in [5.74, 6) is -8.51. The van der Waals surface area contributed by atoms with E-state index < -0.39 is 126 Å². The van der Waals surface area contributed by atoms with Crippen LogP contribution >= 0.6 is 0 Å². The van der Waals surface area contributed by atoms with Crippen LogP contribution in [0.15, 0.2) is 60.8 Å². The Morgan fingerprint density at radius 2 is 1.08 bits per heavy atom. The number of aliphatic hydroxyl groups is 1. The minimum absolute atomic E-state index is 0.0429. The minimum Gasteiger partial charge on any atom is -0.480 e. The molecule has 77 heavy (non-hydrogen) atoms. The van der Waals surface area contributed by atoms with Crippen molar-refractivity contribution in [1.29, 1.82) is 0 Å². The van der Waals surface area contributed by atoms with Crippen molar-refractivity contribution in [3.63, 3.8) is 0 Å². The molecule has 4 rings (SSSR count). The van der Waals surface area contributed by atoms with Crippen LogP contribution in [-0.4, -0.2) is 140 Å². The van der Waals surface area contributed by atoms with Crippen LogP contribution in [0.4, 0.5) is 0 Å². The molecule has 1 aliphatic rings. The molecule has 0 unspecified atom stereocenters. The zero-order valence-corrected chi connectivity index (χ0v) is 46.5. The third kappa shape index (κ3) is 18.1. The quantitative estimate of drug-likeness (QED) is 0.0499. The number of fused-ring (bicyclic) bond motifs is 1. The number of aliphatic hydroxyl groups excluding tert-OH is 1. The first-order valence-corrected chi connectivity index (χ1v) is 26.9. The van der Waals surface area contributed by atoms with Gasteiger partial charge in [0.05, 0.1) is 12.1 Å². The van der Waals surface area contributed by atoms with E-state index in [0.717, 1.165) is 16.5 Å². The second-order valence-electron chi connectivity index (χ2n) is 22.2. The fourth-order valence-electron chi connectivity index (χ4n) is 9.36. The number of benzene rings is 2. The summed E-state index contributed by atoms with van der Waals surface area (Å²) in [4.78, 5) is 129. The number of aromatic amines is 1. The van der Waals surface area contributed by atoms with Crippen LogP contribution < -0.4 is 43.0 Å². The van der Waals surface area contributed by atoms with E-state index in [9.17, 15) is 53.4 Å². The molecule has 1 saturated heterocycles. The topological polar surface area (TPSA) is 323 Å². The van der Waals surface area contributed by atoms with Crippen molar-refractivity contribution in [3.8, 4) is 0 Å². The highest BCUT2D eigenvalue weighted by atomic mass is 16.4. The molecule has 3 aromatic rings. The van der Waals surface area contributed by atoms with E-state index in [1.54, 1.807) is 106 Å². The summed E-state index contributed by atoms with van der Waals surface area (Å²) in [5.41, 5.74) is 8.80. The van der Waals surface area contributed by atoms with Crippen LogP contribution in [-0.2, 0) is 56.0 Å². The van der Waals surface area contributed by atoms with Crippen molar-refractivity contribution >= 4 is 64.1 Å². The molecule has 1 aromatic heterocycles. The Bertz CT molecular complexity index is 2510. The van der Waals surface area contributed by atoms with Gasteiger partial charge in [0.15, 0.2) is 0 Å². The standard InChI is InChI=1S/C56H84N10O11/c1-29(2)24-40(50(70)65-47(34(11)67)54(74)61-42(56(76)77)25-30(3)4)59-49(69)41(26-35-18-13-12-14-19-35)60-52(72)44(31(5)6)63-53(73)45(32(7)8)62-51(71)43-22-17-23-66(43)55(75)46(33(9)10)64-48(68)38(57)27-36-28-58-39-21-16-15-20-37(36)39/h12-16,18-21,28-34,38,40-47,58,67H,17,22-27,57H2,1-11H3,(H,59,69)(H,60,72)(H,61,74)(H,62,71)(H,63,73)(H,64,68)(H,65,70)(H,76,77)/t34-,38+,40+,41+,42+,43+,44+,45+,46+,47+/m1/s1. The number of carbonyl (C=O) groups is 9. The van der Waals surface area contributed by atoms with E-state index in [-0.39, 0.29) is 50.0 Å². The highest BCUT2D eigenvalue weighted by Gasteiger charge is 2.42. The average Bonchev–Trinajstić information content (AvgIpc) is 4.02. The van der Waals surface area contributed by atoms with Gasteiger partial charge in [0.25, 0.3) is 0 Å². The lowest BCUT2D eigenvalue weighted by Crippen LogP contribution is -2.62. The van der Waals surface area contributed by atoms with Crippen molar-refractivity contribution in [2.75, 3.05) is 6.54 Å². The molecular weight excluding hydrogens is 989 g/mol. The normalized spacial score (nSPS) is 17.2. The molecule has 424 valence electrons. The number of likely N-dealkylation sites (tertiary alicyclic amines) is 1. The summed E-state index contributed by atoms with van der Waals surface area (Å²) in [6.07, 6.45) is 1.47. The van der Waals surface area contributed by atoms with Crippen molar-refractivity contribution < 1.29 is 53.4 Å². The summed E-state index contributed by atoms with van der Waals surface area (Å²) >= 11 is 0. The Balaban J connectivity index is 1.48. The third-order valence-corrected chi connectivity index (χ3v) is 13.7. The number of nitrogens with one attached hydrogen (secondary N) is 8. The highest BCUT2D eigenvalue weighted by molar-refractivity contribution is 5.98. The highest BCUT2D eigenvalue weighted by Crippen LogP contribution is 2.23. The number of nitrogens with two attached hydrogens (primary N) is 1. The van der Waals surface area contributed by atoms with Gasteiger partial charge >= 0.3 is 5.97 Å². The Morgan fingerprint density at radius 3 is 1.66 bits per heavy atom. The number of amides is 8. The van der Waals surface area contributed by atoms with Gasteiger partial charge in [-0.25, -0.2) is 4.79 Å². The van der Waals surface area contributed by atoms with Crippen LogP contribution in [0.25, 0.3) is 10.9 Å². The van der Waals surface area contributed by atoms with Gasteiger partial charge < -0.3 is 63.0 Å². The summed E-state index contributed by atoms with van der Waals surface area (Å²) in [6.45, 7) is 19.1. The minimum atomic E-state index is -1.58. The molecule has 2 heterocycles. The maximum Gasteiger partial charge on any atom is 0.326 e. The van der Waals surface area contributed by atoms with Crippen LogP contribution in [0.1, 0.15) is 113 Å². The molecule has 0 radical (unpaired) electrons. The van der Waals surface area contributed by atoms with E-state index in [0.29, 0.717) is 18.4 Å². The first-order valence-electron chi connectivity index (χ1n) is 26.9. The van der Waals surface area contributed by atoms with Gasteiger partial charge in [-0.1, -0.05) is 118 Å². The summed E-state index contributed by atoms with van der Waals surface area (Å²) in [5, 5.41) is 40.1. The van der Waals surface area contributed by atoms with Crippen molar-refractivity contribution in [2.24, 2.45) is 35.3 Å². The number of carboxylic acids is 1. The maximum atomic E-state index is 14.4. The number of hydrogen-bond donors (Lipinski definition) is 11. The lowest BCUT2D eigenvalue weighted by Gasteiger charge is -2.33. The van der Waals surface area contributed by atoms with Crippen LogP contribution in [0.3, 0.4) is 0 Å². The number of H-pyrrole nitrogens is 1. The van der Waals surface area contributed by atoms with Crippen molar-refractivity contribution in [3.05, 3.63) is 71.9 Å². The molecule has 1 fully saturated rings. The number of aliphatic carboxylic acids is 1. The third-order valence-electron chi connectivity index (χ3n) is 13.7. The predicted octanol–water partition coefficient (Wildman–Crippen LogP) is 2.19. The van der Waals surface area contributed by atoms with E-state index in [1.165, 1.54) is 11.8 Å². The van der Waals surface area contributed by atoms with Gasteiger partial charge in [-0.2, -0.15) is 0 Å². The lowest BCUT2D eigenvalue weighted by molar-refractivity contribution is -0.143. The van der Waals surface area contributed by atoms with Crippen LogP contribution in [0.2, 0.25) is 0 Å². The largest absolute Gasteiger partial charge is 0.480 e. The van der Waals surface area contributed by atoms with Gasteiger partial charge in [0.2, 0.25) is 47.3 Å². The van der Waals surface area contributed by atoms with E-state index in [4.69, 9.17) is 5.73 Å². The molecular formula is C56H84N10O11. The fourth-order valence-corrected chi connectivity index (χ4v) is 9.36. The molecule has 1 aliphatic heterocycles. The molecule has 8 amide bonds. The molecule has 0 aliphatic carbocycles. The smallest absolute Gasteiger partial charge is 0.326 e. The summed E-state index contributed by atoms with van der Waals surface area (Å²) < 4.78 is 0. The fraction of sp³-hybridized carbons (Fsp3) is 0.589. The van der Waals surface area contributed by atoms with Crippen molar-refractivity contribution in [2.45, 2.75) is 175 Å². The Hall–Kier alpha value is -6.87. The second-order valence-corrected chi connectivity index (χ2v) is 22.2. The zero-order valence-electron chi connectivity index (χ0n) is 46.5. The van der Waals surface area contributed by atoms with Gasteiger partial charge in [0, 0.05) is 30.1 Å². The number of nitrogens with zero attached hydrogens (tertiary/aromatic N) is 1. The molecule has 0 spiro atoms. The van der Waals surface area contributed by atoms with E-state index in [2.05, 4.69) is 42.2 Å². The summed E-state index contributed by atoms with van der Waals surface area (Å²) in [7, 11) is 0. The van der Waals surface area contributed by atoms with Gasteiger partial charge in [0.1, 0.15) is 48.3 Å². The molecule has 0 saturated carbocycles. The molecule has 10 atom stereocenters. The van der Waals surface area contributed by atoms with Crippen LogP contribution in [0, 0.1) is 29.6 Å². The Morgan fingerprint density at radius 1 is 0.584 bits per heavy atom. The number of para-hydroxylation sites is 1. The van der Waals surface area contributed by atoms with Crippen LogP contribution in [0.5, 0.6) is 0 Å². The van der Waals surface area contributed by atoms with Gasteiger partial charge in [-0.15, -0.1) is 0 Å². The first kappa shape index (κ1) is 62.7. The average molecular weight is 1070 g/mol. The maximum absolute atomic E-state index is 14.4. The zero-order chi connectivity index (χ0) is 57.4.